The van der Waals surface area contributed by atoms with Gasteiger partial charge in [0.25, 0.3) is 0 Å². The molecule has 144 valence electrons. The van der Waals surface area contributed by atoms with Gasteiger partial charge < -0.3 is 10.2 Å². The molecular formula is C16H26Cl2FN3O2S. The summed E-state index contributed by atoms with van der Waals surface area (Å²) in [6.45, 7) is 5.20. The van der Waals surface area contributed by atoms with E-state index in [0.29, 0.717) is 24.6 Å². The van der Waals surface area contributed by atoms with Crippen LogP contribution < -0.4 is 5.32 Å². The van der Waals surface area contributed by atoms with Gasteiger partial charge in [0.2, 0.25) is 10.0 Å². The molecule has 25 heavy (non-hydrogen) atoms. The van der Waals surface area contributed by atoms with Gasteiger partial charge in [-0.2, -0.15) is 4.31 Å². The lowest BCUT2D eigenvalue weighted by Gasteiger charge is -2.31. The first-order valence-corrected chi connectivity index (χ1v) is 9.30. The van der Waals surface area contributed by atoms with Crippen molar-refractivity contribution in [2.75, 3.05) is 46.8 Å². The molecule has 0 amide bonds. The van der Waals surface area contributed by atoms with E-state index in [2.05, 4.69) is 10.2 Å². The Balaban J connectivity index is 0.00000156. The van der Waals surface area contributed by atoms with Gasteiger partial charge in [0, 0.05) is 31.6 Å². The Morgan fingerprint density at radius 3 is 2.68 bits per heavy atom. The zero-order valence-corrected chi connectivity index (χ0v) is 17.1. The Morgan fingerprint density at radius 1 is 1.36 bits per heavy atom. The summed E-state index contributed by atoms with van der Waals surface area (Å²) in [4.78, 5) is 2.20. The number of benzene rings is 1. The number of hydrogen-bond acceptors (Lipinski definition) is 4. The molecule has 2 saturated heterocycles. The van der Waals surface area contributed by atoms with Crippen LogP contribution in [0.25, 0.3) is 0 Å². The molecule has 2 aliphatic rings. The van der Waals surface area contributed by atoms with Gasteiger partial charge in [0.15, 0.2) is 0 Å². The van der Waals surface area contributed by atoms with Gasteiger partial charge in [-0.15, -0.1) is 24.8 Å². The second-order valence-electron chi connectivity index (χ2n) is 7.14. The lowest BCUT2D eigenvalue weighted by molar-refractivity contribution is 0.198. The predicted octanol–water partition coefficient (Wildman–Crippen LogP) is 1.75. The minimum Gasteiger partial charge on any atom is -0.316 e. The quantitative estimate of drug-likeness (QED) is 0.816. The molecule has 3 rings (SSSR count). The van der Waals surface area contributed by atoms with Crippen LogP contribution in [0.2, 0.25) is 0 Å². The van der Waals surface area contributed by atoms with E-state index < -0.39 is 15.8 Å². The summed E-state index contributed by atoms with van der Waals surface area (Å²) >= 11 is 0. The van der Waals surface area contributed by atoms with Crippen LogP contribution in [-0.2, 0) is 10.0 Å². The van der Waals surface area contributed by atoms with Crippen LogP contribution in [0, 0.1) is 24.1 Å². The summed E-state index contributed by atoms with van der Waals surface area (Å²) in [7, 11) is 0.363. The first-order valence-electron chi connectivity index (χ1n) is 7.86. The van der Waals surface area contributed by atoms with Gasteiger partial charge in [0.1, 0.15) is 5.82 Å². The number of nitrogens with one attached hydrogen (secondary N) is 1. The highest BCUT2D eigenvalue weighted by molar-refractivity contribution is 7.89. The van der Waals surface area contributed by atoms with Crippen molar-refractivity contribution in [1.29, 1.82) is 0 Å². The highest BCUT2D eigenvalue weighted by Gasteiger charge is 2.52. The normalized spacial score (nSPS) is 26.2. The Kier molecular flexibility index (Phi) is 7.29. The third-order valence-corrected chi connectivity index (χ3v) is 7.00. The standard InChI is InChI=1S/C16H24FN3O2S.2ClH/c1-12-4-5-14(17)6-15(12)23(21,22)20-8-13-7-18-9-16(13,11-20)10-19(2)3;;/h4-6,13,18H,7-11H2,1-3H3;2*1H. The van der Waals surface area contributed by atoms with Crippen LogP contribution in [-0.4, -0.2) is 64.4 Å². The van der Waals surface area contributed by atoms with Crippen molar-refractivity contribution in [3.05, 3.63) is 29.6 Å². The summed E-state index contributed by atoms with van der Waals surface area (Å²) < 4.78 is 41.1. The molecule has 2 atom stereocenters. The topological polar surface area (TPSA) is 52.7 Å². The minimum absolute atomic E-state index is 0. The fourth-order valence-electron chi connectivity index (χ4n) is 4.00. The van der Waals surface area contributed by atoms with Gasteiger partial charge in [-0.25, -0.2) is 12.8 Å². The number of fused-ring (bicyclic) bond motifs is 1. The average molecular weight is 414 g/mol. The summed E-state index contributed by atoms with van der Waals surface area (Å²) in [6, 6.07) is 3.95. The van der Waals surface area contributed by atoms with Gasteiger partial charge in [0.05, 0.1) is 4.90 Å². The predicted molar refractivity (Wildman–Crippen MR) is 102 cm³/mol. The zero-order chi connectivity index (χ0) is 16.8. The van der Waals surface area contributed by atoms with Gasteiger partial charge in [-0.3, -0.25) is 0 Å². The maximum Gasteiger partial charge on any atom is 0.243 e. The van der Waals surface area contributed by atoms with Crippen LogP contribution in [0.3, 0.4) is 0 Å². The van der Waals surface area contributed by atoms with Crippen LogP contribution in [0.5, 0.6) is 0 Å². The number of hydrogen-bond donors (Lipinski definition) is 1. The monoisotopic (exact) mass is 413 g/mol. The van der Waals surface area contributed by atoms with Crippen molar-refractivity contribution in [3.63, 3.8) is 0 Å². The maximum atomic E-state index is 13.5. The van der Waals surface area contributed by atoms with Gasteiger partial charge >= 0.3 is 0 Å². The maximum absolute atomic E-state index is 13.5. The minimum atomic E-state index is -3.66. The number of rotatable bonds is 4. The van der Waals surface area contributed by atoms with Crippen molar-refractivity contribution >= 4 is 34.8 Å². The molecule has 9 heteroatoms. The summed E-state index contributed by atoms with van der Waals surface area (Å²) in [5, 5.41) is 3.39. The molecule has 0 bridgehead atoms. The third kappa shape index (κ3) is 4.12. The van der Waals surface area contributed by atoms with Crippen LogP contribution in [0.1, 0.15) is 5.56 Å². The second kappa shape index (κ2) is 8.06. The number of halogens is 3. The van der Waals surface area contributed by atoms with Crippen LogP contribution in [0.15, 0.2) is 23.1 Å². The fraction of sp³-hybridized carbons (Fsp3) is 0.625. The summed E-state index contributed by atoms with van der Waals surface area (Å²) in [5.41, 5.74) is 0.529. The zero-order valence-electron chi connectivity index (χ0n) is 14.7. The largest absolute Gasteiger partial charge is 0.316 e. The Labute approximate surface area is 161 Å². The molecule has 5 nitrogen and oxygen atoms in total. The molecular weight excluding hydrogens is 388 g/mol. The number of nitrogens with zero attached hydrogens (tertiary/aromatic N) is 2. The smallest absolute Gasteiger partial charge is 0.243 e. The Bertz CT molecular complexity index is 717. The van der Waals surface area contributed by atoms with E-state index in [-0.39, 0.29) is 35.1 Å². The molecule has 0 aliphatic carbocycles. The number of aryl methyl sites for hydroxylation is 1. The molecule has 1 aromatic rings. The molecule has 2 fully saturated rings. The van der Waals surface area contributed by atoms with Crippen molar-refractivity contribution in [3.8, 4) is 0 Å². The molecule has 0 aromatic heterocycles. The Morgan fingerprint density at radius 2 is 2.04 bits per heavy atom. The van der Waals surface area contributed by atoms with E-state index in [4.69, 9.17) is 0 Å². The number of sulfonamides is 1. The summed E-state index contributed by atoms with van der Waals surface area (Å²) in [6.07, 6.45) is 0. The molecule has 2 heterocycles. The highest BCUT2D eigenvalue weighted by atomic mass is 35.5. The van der Waals surface area contributed by atoms with Crippen molar-refractivity contribution in [2.45, 2.75) is 11.8 Å². The lowest BCUT2D eigenvalue weighted by Crippen LogP contribution is -2.42. The van der Waals surface area contributed by atoms with E-state index in [1.165, 1.54) is 12.1 Å². The molecule has 0 spiro atoms. The van der Waals surface area contributed by atoms with Gasteiger partial charge in [-0.05, 0) is 51.2 Å². The molecule has 1 aromatic carbocycles. The molecule has 0 radical (unpaired) electrons. The van der Waals surface area contributed by atoms with E-state index >= 15 is 0 Å². The molecule has 2 unspecified atom stereocenters. The summed E-state index contributed by atoms with van der Waals surface area (Å²) in [5.74, 6) is -0.216. The average Bonchev–Trinajstić information content (AvgIpc) is 2.97. The van der Waals surface area contributed by atoms with Crippen LogP contribution >= 0.6 is 24.8 Å². The van der Waals surface area contributed by atoms with Crippen molar-refractivity contribution in [1.82, 2.24) is 14.5 Å². The second-order valence-corrected chi connectivity index (χ2v) is 9.04. The lowest BCUT2D eigenvalue weighted by atomic mass is 9.81. The van der Waals surface area contributed by atoms with E-state index in [1.807, 2.05) is 14.1 Å². The fourth-order valence-corrected chi connectivity index (χ4v) is 5.82. The molecule has 2 aliphatic heterocycles. The highest BCUT2D eigenvalue weighted by Crippen LogP contribution is 2.41. The SMILES string of the molecule is Cc1ccc(F)cc1S(=O)(=O)N1CC2CNCC2(CN(C)C)C1.Cl.Cl. The van der Waals surface area contributed by atoms with Gasteiger partial charge in [-0.1, -0.05) is 6.07 Å². The van der Waals surface area contributed by atoms with Crippen LogP contribution in [0.4, 0.5) is 4.39 Å². The third-order valence-electron chi connectivity index (χ3n) is 5.05. The first kappa shape index (κ1) is 22.6. The first-order chi connectivity index (χ1) is 10.7. The van der Waals surface area contributed by atoms with E-state index in [1.54, 1.807) is 11.2 Å². The van der Waals surface area contributed by atoms with Crippen molar-refractivity contribution < 1.29 is 12.8 Å². The van der Waals surface area contributed by atoms with Crippen molar-refractivity contribution in [2.24, 2.45) is 11.3 Å². The molecule has 0 saturated carbocycles. The Hall–Kier alpha value is -0.440. The van der Waals surface area contributed by atoms with E-state index in [9.17, 15) is 12.8 Å². The van der Waals surface area contributed by atoms with E-state index in [0.717, 1.165) is 25.7 Å². The molecule has 1 N–H and O–H groups in total.